The number of nitro benzene ring substituents is 1. The third-order valence-electron chi connectivity index (χ3n) is 3.13. The highest BCUT2D eigenvalue weighted by molar-refractivity contribution is 5.56. The van der Waals surface area contributed by atoms with Crippen LogP contribution in [0.1, 0.15) is 19.4 Å². The van der Waals surface area contributed by atoms with Crippen LogP contribution in [0.5, 0.6) is 0 Å². The molecule has 6 heteroatoms. The summed E-state index contributed by atoms with van der Waals surface area (Å²) in [6, 6.07) is 5.15. The summed E-state index contributed by atoms with van der Waals surface area (Å²) in [4.78, 5) is 12.8. The van der Waals surface area contributed by atoms with Crippen LogP contribution in [0.15, 0.2) is 18.2 Å². The third-order valence-corrected chi connectivity index (χ3v) is 3.13. The summed E-state index contributed by atoms with van der Waals surface area (Å²) in [5.41, 5.74) is 1.80. The molecule has 1 aromatic carbocycles. The Labute approximate surface area is 118 Å². The van der Waals surface area contributed by atoms with E-state index in [1.807, 2.05) is 19.9 Å². The number of hydrogen-bond donors (Lipinski definition) is 0. The van der Waals surface area contributed by atoms with Gasteiger partial charge < -0.3 is 14.4 Å². The van der Waals surface area contributed by atoms with Crippen molar-refractivity contribution >= 4 is 11.4 Å². The van der Waals surface area contributed by atoms with E-state index in [-0.39, 0.29) is 16.7 Å². The summed E-state index contributed by atoms with van der Waals surface area (Å²) in [6.07, 6.45) is 0.0982. The summed E-state index contributed by atoms with van der Waals surface area (Å²) in [5.74, 6) is 0. The molecular weight excluding hydrogens is 260 g/mol. The molecule has 0 spiro atoms. The molecule has 0 N–H and O–H groups in total. The molecule has 1 aromatic rings. The van der Waals surface area contributed by atoms with Crippen LogP contribution in [0.25, 0.3) is 0 Å². The van der Waals surface area contributed by atoms with Gasteiger partial charge in [-0.15, -0.1) is 0 Å². The van der Waals surface area contributed by atoms with E-state index >= 15 is 0 Å². The summed E-state index contributed by atoms with van der Waals surface area (Å²) < 4.78 is 10.8. The largest absolute Gasteiger partial charge is 0.378 e. The van der Waals surface area contributed by atoms with Crippen LogP contribution in [0, 0.1) is 10.1 Å². The van der Waals surface area contributed by atoms with Crippen molar-refractivity contribution in [3.63, 3.8) is 0 Å². The van der Waals surface area contributed by atoms with E-state index < -0.39 is 0 Å². The van der Waals surface area contributed by atoms with Gasteiger partial charge >= 0.3 is 0 Å². The van der Waals surface area contributed by atoms with Gasteiger partial charge in [-0.3, -0.25) is 10.1 Å². The molecule has 0 radical (unpaired) electrons. The van der Waals surface area contributed by atoms with E-state index in [0.717, 1.165) is 24.3 Å². The van der Waals surface area contributed by atoms with Gasteiger partial charge in [0.15, 0.2) is 0 Å². The van der Waals surface area contributed by atoms with Crippen LogP contribution < -0.4 is 4.90 Å². The quantitative estimate of drug-likeness (QED) is 0.612. The molecule has 0 amide bonds. The van der Waals surface area contributed by atoms with Crippen molar-refractivity contribution < 1.29 is 14.4 Å². The fraction of sp³-hybridized carbons (Fsp3) is 0.571. The van der Waals surface area contributed by atoms with Crippen LogP contribution in [0.3, 0.4) is 0 Å². The lowest BCUT2D eigenvalue weighted by Crippen LogP contribution is -2.36. The van der Waals surface area contributed by atoms with Crippen LogP contribution in [-0.2, 0) is 16.1 Å². The number of ether oxygens (including phenoxy) is 2. The number of non-ortho nitro benzene ring substituents is 1. The second kappa shape index (κ2) is 6.67. The molecule has 1 aliphatic rings. The molecule has 1 saturated heterocycles. The second-order valence-corrected chi connectivity index (χ2v) is 5.07. The first-order valence-electron chi connectivity index (χ1n) is 6.79. The van der Waals surface area contributed by atoms with Gasteiger partial charge in [0.2, 0.25) is 0 Å². The van der Waals surface area contributed by atoms with Crippen molar-refractivity contribution in [3.05, 3.63) is 33.9 Å². The maximum atomic E-state index is 11.0. The van der Waals surface area contributed by atoms with Gasteiger partial charge in [0, 0.05) is 30.9 Å². The summed E-state index contributed by atoms with van der Waals surface area (Å²) >= 11 is 0. The van der Waals surface area contributed by atoms with Crippen LogP contribution in [0.2, 0.25) is 0 Å². The lowest BCUT2D eigenvalue weighted by atomic mass is 10.1. The minimum absolute atomic E-state index is 0.0982. The second-order valence-electron chi connectivity index (χ2n) is 5.07. The highest BCUT2D eigenvalue weighted by atomic mass is 16.6. The van der Waals surface area contributed by atoms with Gasteiger partial charge in [0.05, 0.1) is 30.8 Å². The molecule has 1 fully saturated rings. The van der Waals surface area contributed by atoms with E-state index in [9.17, 15) is 10.1 Å². The van der Waals surface area contributed by atoms with E-state index in [0.29, 0.717) is 19.8 Å². The number of benzene rings is 1. The molecule has 1 aliphatic heterocycles. The number of nitro groups is 1. The van der Waals surface area contributed by atoms with E-state index in [1.165, 1.54) is 0 Å². The number of nitrogens with zero attached hydrogens (tertiary/aromatic N) is 2. The van der Waals surface area contributed by atoms with Crippen molar-refractivity contribution in [1.29, 1.82) is 0 Å². The molecule has 1 heterocycles. The first-order valence-corrected chi connectivity index (χ1v) is 6.79. The zero-order chi connectivity index (χ0) is 14.5. The molecule has 0 unspecified atom stereocenters. The van der Waals surface area contributed by atoms with Crippen molar-refractivity contribution in [1.82, 2.24) is 0 Å². The highest BCUT2D eigenvalue weighted by Crippen LogP contribution is 2.25. The predicted octanol–water partition coefficient (Wildman–Crippen LogP) is 2.36. The molecule has 2 rings (SSSR count). The minimum Gasteiger partial charge on any atom is -0.378 e. The average Bonchev–Trinajstić information content (AvgIpc) is 2.45. The van der Waals surface area contributed by atoms with Crippen molar-refractivity contribution in [2.45, 2.75) is 26.6 Å². The van der Waals surface area contributed by atoms with Gasteiger partial charge in [0.25, 0.3) is 5.69 Å². The lowest BCUT2D eigenvalue weighted by Gasteiger charge is -2.29. The Bertz CT molecular complexity index is 470. The van der Waals surface area contributed by atoms with Crippen LogP contribution >= 0.6 is 0 Å². The predicted molar refractivity (Wildman–Crippen MR) is 76.1 cm³/mol. The summed E-state index contributed by atoms with van der Waals surface area (Å²) in [5, 5.41) is 11.0. The Morgan fingerprint density at radius 2 is 2.05 bits per heavy atom. The van der Waals surface area contributed by atoms with E-state index in [2.05, 4.69) is 4.90 Å². The number of anilines is 1. The fourth-order valence-corrected chi connectivity index (χ4v) is 2.11. The van der Waals surface area contributed by atoms with E-state index in [4.69, 9.17) is 9.47 Å². The van der Waals surface area contributed by atoms with Crippen molar-refractivity contribution in [2.24, 2.45) is 0 Å². The molecule has 20 heavy (non-hydrogen) atoms. The lowest BCUT2D eigenvalue weighted by molar-refractivity contribution is -0.384. The Balaban J connectivity index is 2.22. The molecule has 0 aromatic heterocycles. The average molecular weight is 280 g/mol. The monoisotopic (exact) mass is 280 g/mol. The molecule has 0 aliphatic carbocycles. The molecular formula is C14H20N2O4. The Morgan fingerprint density at radius 1 is 1.35 bits per heavy atom. The zero-order valence-corrected chi connectivity index (χ0v) is 11.9. The molecule has 0 saturated carbocycles. The summed E-state index contributed by atoms with van der Waals surface area (Å²) in [6.45, 7) is 7.09. The van der Waals surface area contributed by atoms with Crippen LogP contribution in [-0.4, -0.2) is 37.3 Å². The number of hydrogen-bond acceptors (Lipinski definition) is 5. The topological polar surface area (TPSA) is 64.8 Å². The maximum Gasteiger partial charge on any atom is 0.271 e. The third kappa shape index (κ3) is 3.91. The normalized spacial score (nSPS) is 15.7. The highest BCUT2D eigenvalue weighted by Gasteiger charge is 2.16. The maximum absolute atomic E-state index is 11.0. The van der Waals surface area contributed by atoms with Gasteiger partial charge in [-0.1, -0.05) is 0 Å². The SMILES string of the molecule is CC(C)OCc1cc(N2CCOCC2)cc([N+](=O)[O-])c1. The van der Waals surface area contributed by atoms with Crippen LogP contribution in [0.4, 0.5) is 11.4 Å². The Morgan fingerprint density at radius 3 is 2.65 bits per heavy atom. The number of rotatable bonds is 5. The van der Waals surface area contributed by atoms with Gasteiger partial charge in [-0.25, -0.2) is 0 Å². The van der Waals surface area contributed by atoms with Crippen molar-refractivity contribution in [3.8, 4) is 0 Å². The molecule has 0 atom stereocenters. The smallest absolute Gasteiger partial charge is 0.271 e. The fourth-order valence-electron chi connectivity index (χ4n) is 2.11. The van der Waals surface area contributed by atoms with Crippen molar-refractivity contribution in [2.75, 3.05) is 31.2 Å². The number of morpholine rings is 1. The Kier molecular flexibility index (Phi) is 4.92. The summed E-state index contributed by atoms with van der Waals surface area (Å²) in [7, 11) is 0. The standard InChI is InChI=1S/C14H20N2O4/c1-11(2)20-10-12-7-13(9-14(8-12)16(17)18)15-3-5-19-6-4-15/h7-9,11H,3-6,10H2,1-2H3. The van der Waals surface area contributed by atoms with E-state index in [1.54, 1.807) is 12.1 Å². The minimum atomic E-state index is -0.358. The molecule has 0 bridgehead atoms. The Hall–Kier alpha value is -1.66. The first-order chi connectivity index (χ1) is 9.56. The van der Waals surface area contributed by atoms with Gasteiger partial charge in [-0.2, -0.15) is 0 Å². The van der Waals surface area contributed by atoms with Gasteiger partial charge in [-0.05, 0) is 25.5 Å². The zero-order valence-electron chi connectivity index (χ0n) is 11.9. The van der Waals surface area contributed by atoms with Gasteiger partial charge in [0.1, 0.15) is 0 Å². The first kappa shape index (κ1) is 14.7. The molecule has 6 nitrogen and oxygen atoms in total. The molecule has 110 valence electrons.